The van der Waals surface area contributed by atoms with E-state index in [0.29, 0.717) is 16.8 Å². The van der Waals surface area contributed by atoms with Crippen LogP contribution in [0.3, 0.4) is 0 Å². The molecule has 1 atom stereocenters. The molecule has 21 heavy (non-hydrogen) atoms. The van der Waals surface area contributed by atoms with Crippen molar-refractivity contribution in [3.63, 3.8) is 0 Å². The molecule has 1 aromatic carbocycles. The molecule has 2 aromatic rings. The Morgan fingerprint density at radius 3 is 3.05 bits per heavy atom. The summed E-state index contributed by atoms with van der Waals surface area (Å²) >= 11 is 6.22. The molecule has 0 aliphatic carbocycles. The summed E-state index contributed by atoms with van der Waals surface area (Å²) in [7, 11) is 0. The molecular weight excluding hydrogens is 284 g/mol. The molecule has 1 aliphatic rings. The van der Waals surface area contributed by atoms with Crippen LogP contribution < -0.4 is 0 Å². The summed E-state index contributed by atoms with van der Waals surface area (Å²) in [5, 5.41) is 2.26. The fraction of sp³-hybridized carbons (Fsp3) is 0.412. The second-order valence-corrected chi connectivity index (χ2v) is 6.05. The lowest BCUT2D eigenvalue weighted by Gasteiger charge is -2.32. The van der Waals surface area contributed by atoms with Crippen LogP contribution in [0.25, 0.3) is 10.8 Å². The van der Waals surface area contributed by atoms with Gasteiger partial charge in [-0.15, -0.1) is 0 Å². The SMILES string of the molecule is CCC1CCCN(C(=O)c2cc3ccccc3c(Cl)n2)C1. The number of fused-ring (bicyclic) bond motifs is 1. The van der Waals surface area contributed by atoms with Crippen LogP contribution in [0.15, 0.2) is 30.3 Å². The summed E-state index contributed by atoms with van der Waals surface area (Å²) in [4.78, 5) is 18.9. The Kier molecular flexibility index (Phi) is 4.11. The number of hydrogen-bond acceptors (Lipinski definition) is 2. The molecule has 1 unspecified atom stereocenters. The molecule has 4 heteroatoms. The van der Waals surface area contributed by atoms with E-state index in [0.717, 1.165) is 36.7 Å². The maximum Gasteiger partial charge on any atom is 0.272 e. The molecule has 0 N–H and O–H groups in total. The van der Waals surface area contributed by atoms with Crippen molar-refractivity contribution in [2.45, 2.75) is 26.2 Å². The first kappa shape index (κ1) is 14.3. The smallest absolute Gasteiger partial charge is 0.272 e. The largest absolute Gasteiger partial charge is 0.337 e. The molecular formula is C17H19ClN2O. The Morgan fingerprint density at radius 1 is 1.43 bits per heavy atom. The van der Waals surface area contributed by atoms with E-state index in [1.165, 1.54) is 6.42 Å². The first-order valence-electron chi connectivity index (χ1n) is 7.53. The zero-order chi connectivity index (χ0) is 14.8. The zero-order valence-electron chi connectivity index (χ0n) is 12.2. The van der Waals surface area contributed by atoms with Crippen molar-refractivity contribution in [2.75, 3.05) is 13.1 Å². The number of aromatic nitrogens is 1. The average Bonchev–Trinajstić information content (AvgIpc) is 2.54. The Labute approximate surface area is 129 Å². The molecule has 1 aliphatic heterocycles. The number of carbonyl (C=O) groups excluding carboxylic acids is 1. The van der Waals surface area contributed by atoms with Crippen molar-refractivity contribution in [3.8, 4) is 0 Å². The highest BCUT2D eigenvalue weighted by Crippen LogP contribution is 2.25. The number of amides is 1. The monoisotopic (exact) mass is 302 g/mol. The highest BCUT2D eigenvalue weighted by atomic mass is 35.5. The molecule has 3 nitrogen and oxygen atoms in total. The predicted octanol–water partition coefficient (Wildman–Crippen LogP) is 4.15. The number of benzene rings is 1. The normalized spacial score (nSPS) is 19.0. The summed E-state index contributed by atoms with van der Waals surface area (Å²) in [6, 6.07) is 9.60. The van der Waals surface area contributed by atoms with Gasteiger partial charge in [-0.05, 0) is 30.2 Å². The van der Waals surface area contributed by atoms with Gasteiger partial charge < -0.3 is 4.90 Å². The number of nitrogens with zero attached hydrogens (tertiary/aromatic N) is 2. The van der Waals surface area contributed by atoms with E-state index in [-0.39, 0.29) is 5.91 Å². The summed E-state index contributed by atoms with van der Waals surface area (Å²) in [5.74, 6) is 0.611. The molecule has 3 rings (SSSR count). The molecule has 1 amide bonds. The fourth-order valence-electron chi connectivity index (χ4n) is 3.01. The summed E-state index contributed by atoms with van der Waals surface area (Å²) in [5.41, 5.74) is 0.454. The van der Waals surface area contributed by atoms with E-state index in [4.69, 9.17) is 11.6 Å². The van der Waals surface area contributed by atoms with Crippen molar-refractivity contribution < 1.29 is 4.79 Å². The number of hydrogen-bond donors (Lipinski definition) is 0. The van der Waals surface area contributed by atoms with Gasteiger partial charge in [-0.3, -0.25) is 4.79 Å². The number of piperidine rings is 1. The molecule has 2 heterocycles. The van der Waals surface area contributed by atoms with E-state index < -0.39 is 0 Å². The van der Waals surface area contributed by atoms with Crippen molar-refractivity contribution in [1.29, 1.82) is 0 Å². The minimum atomic E-state index is 0.000744. The van der Waals surface area contributed by atoms with Crippen LogP contribution in [0.4, 0.5) is 0 Å². The van der Waals surface area contributed by atoms with Crippen LogP contribution in [0.5, 0.6) is 0 Å². The summed E-state index contributed by atoms with van der Waals surface area (Å²) in [6.45, 7) is 3.84. The third-order valence-corrected chi connectivity index (χ3v) is 4.58. The van der Waals surface area contributed by atoms with Gasteiger partial charge in [-0.1, -0.05) is 49.2 Å². The van der Waals surface area contributed by atoms with Crippen LogP contribution >= 0.6 is 11.6 Å². The van der Waals surface area contributed by atoms with Crippen molar-refractivity contribution in [1.82, 2.24) is 9.88 Å². The van der Waals surface area contributed by atoms with Crippen LogP contribution in [-0.4, -0.2) is 28.9 Å². The molecule has 0 saturated carbocycles. The van der Waals surface area contributed by atoms with E-state index in [9.17, 15) is 4.79 Å². The number of carbonyl (C=O) groups is 1. The number of halogens is 1. The molecule has 0 bridgehead atoms. The van der Waals surface area contributed by atoms with Gasteiger partial charge in [-0.2, -0.15) is 0 Å². The standard InChI is InChI=1S/C17H19ClN2O/c1-2-12-6-5-9-20(11-12)17(21)15-10-13-7-3-4-8-14(13)16(18)19-15/h3-4,7-8,10,12H,2,5-6,9,11H2,1H3. The van der Waals surface area contributed by atoms with Gasteiger partial charge in [0, 0.05) is 18.5 Å². The zero-order valence-corrected chi connectivity index (χ0v) is 12.9. The van der Waals surface area contributed by atoms with E-state index in [1.54, 1.807) is 0 Å². The molecule has 110 valence electrons. The van der Waals surface area contributed by atoms with Gasteiger partial charge in [0.2, 0.25) is 0 Å². The highest BCUT2D eigenvalue weighted by Gasteiger charge is 2.24. The quantitative estimate of drug-likeness (QED) is 0.781. The molecule has 1 aromatic heterocycles. The summed E-state index contributed by atoms with van der Waals surface area (Å²) in [6.07, 6.45) is 3.41. The van der Waals surface area contributed by atoms with Gasteiger partial charge in [-0.25, -0.2) is 4.98 Å². The fourth-order valence-corrected chi connectivity index (χ4v) is 3.27. The van der Waals surface area contributed by atoms with E-state index in [1.807, 2.05) is 35.2 Å². The minimum absolute atomic E-state index is 0.000744. The Morgan fingerprint density at radius 2 is 2.24 bits per heavy atom. The third-order valence-electron chi connectivity index (χ3n) is 4.30. The van der Waals surface area contributed by atoms with Crippen LogP contribution in [0.1, 0.15) is 36.7 Å². The molecule has 0 radical (unpaired) electrons. The number of rotatable bonds is 2. The highest BCUT2D eigenvalue weighted by molar-refractivity contribution is 6.34. The Bertz CT molecular complexity index is 671. The Hall–Kier alpha value is -1.61. The average molecular weight is 303 g/mol. The third kappa shape index (κ3) is 2.88. The second-order valence-electron chi connectivity index (χ2n) is 5.69. The number of pyridine rings is 1. The van der Waals surface area contributed by atoms with Gasteiger partial charge in [0.15, 0.2) is 0 Å². The van der Waals surface area contributed by atoms with Crippen LogP contribution in [0.2, 0.25) is 5.15 Å². The molecule has 1 saturated heterocycles. The lowest BCUT2D eigenvalue weighted by Crippen LogP contribution is -2.40. The van der Waals surface area contributed by atoms with Crippen molar-refractivity contribution >= 4 is 28.3 Å². The van der Waals surface area contributed by atoms with E-state index in [2.05, 4.69) is 11.9 Å². The van der Waals surface area contributed by atoms with Gasteiger partial charge >= 0.3 is 0 Å². The van der Waals surface area contributed by atoms with Gasteiger partial charge in [0.05, 0.1) is 0 Å². The first-order valence-corrected chi connectivity index (χ1v) is 7.91. The second kappa shape index (κ2) is 6.02. The topological polar surface area (TPSA) is 33.2 Å². The number of likely N-dealkylation sites (tertiary alicyclic amines) is 1. The van der Waals surface area contributed by atoms with Crippen molar-refractivity contribution in [3.05, 3.63) is 41.2 Å². The predicted molar refractivity (Wildman–Crippen MR) is 85.7 cm³/mol. The van der Waals surface area contributed by atoms with Crippen LogP contribution in [0, 0.1) is 5.92 Å². The first-order chi connectivity index (χ1) is 10.2. The maximum atomic E-state index is 12.7. The van der Waals surface area contributed by atoms with Gasteiger partial charge in [0.1, 0.15) is 10.8 Å². The van der Waals surface area contributed by atoms with Gasteiger partial charge in [0.25, 0.3) is 5.91 Å². The lowest BCUT2D eigenvalue weighted by molar-refractivity contribution is 0.0665. The molecule has 1 fully saturated rings. The van der Waals surface area contributed by atoms with E-state index >= 15 is 0 Å². The molecule has 0 spiro atoms. The van der Waals surface area contributed by atoms with Crippen molar-refractivity contribution in [2.24, 2.45) is 5.92 Å². The van der Waals surface area contributed by atoms with Crippen LogP contribution in [-0.2, 0) is 0 Å². The maximum absolute atomic E-state index is 12.7. The summed E-state index contributed by atoms with van der Waals surface area (Å²) < 4.78 is 0. The minimum Gasteiger partial charge on any atom is -0.337 e. The lowest BCUT2D eigenvalue weighted by atomic mass is 9.95. The Balaban J connectivity index is 1.91.